The number of rotatable bonds is 6. The number of hydrogen-bond donors (Lipinski definition) is 1. The zero-order valence-electron chi connectivity index (χ0n) is 12.1. The number of carbonyl (C=O) groups is 1. The Morgan fingerprint density at radius 2 is 2.15 bits per heavy atom. The zero-order chi connectivity index (χ0) is 14.2. The Labute approximate surface area is 120 Å². The van der Waals surface area contributed by atoms with Crippen molar-refractivity contribution in [3.8, 4) is 0 Å². The van der Waals surface area contributed by atoms with Crippen molar-refractivity contribution in [2.75, 3.05) is 19.8 Å². The van der Waals surface area contributed by atoms with Crippen LogP contribution in [0.1, 0.15) is 30.4 Å². The van der Waals surface area contributed by atoms with E-state index in [1.165, 1.54) is 11.1 Å². The highest BCUT2D eigenvalue weighted by Crippen LogP contribution is 2.08. The van der Waals surface area contributed by atoms with Crippen molar-refractivity contribution in [2.24, 2.45) is 0 Å². The maximum absolute atomic E-state index is 11.8. The van der Waals surface area contributed by atoms with E-state index in [1.807, 2.05) is 6.07 Å². The van der Waals surface area contributed by atoms with E-state index in [9.17, 15) is 4.79 Å². The van der Waals surface area contributed by atoms with Crippen molar-refractivity contribution in [3.05, 3.63) is 35.4 Å². The van der Waals surface area contributed by atoms with E-state index in [-0.39, 0.29) is 12.2 Å². The van der Waals surface area contributed by atoms with E-state index < -0.39 is 0 Å². The molecule has 0 aliphatic carbocycles. The molecule has 1 fully saturated rings. The van der Waals surface area contributed by atoms with E-state index in [2.05, 4.69) is 30.4 Å². The standard InChI is InChI=1S/C16H23NO3/c1-13-4-2-5-14(12-13)6-7-15(18)17-9-8-16-19-10-3-11-20-16/h2,4-5,12,16H,3,6-11H2,1H3,(H,17,18). The Balaban J connectivity index is 1.60. The van der Waals surface area contributed by atoms with Crippen LogP contribution in [-0.2, 0) is 20.7 Å². The van der Waals surface area contributed by atoms with Gasteiger partial charge in [0.15, 0.2) is 6.29 Å². The molecule has 1 aliphatic rings. The average molecular weight is 277 g/mol. The fraction of sp³-hybridized carbons (Fsp3) is 0.562. The van der Waals surface area contributed by atoms with Crippen molar-refractivity contribution >= 4 is 5.91 Å². The highest BCUT2D eigenvalue weighted by molar-refractivity contribution is 5.76. The van der Waals surface area contributed by atoms with Crippen LogP contribution in [0.3, 0.4) is 0 Å². The van der Waals surface area contributed by atoms with Crippen LogP contribution in [0.15, 0.2) is 24.3 Å². The Hall–Kier alpha value is -1.39. The van der Waals surface area contributed by atoms with Crippen LogP contribution in [0.4, 0.5) is 0 Å². The third-order valence-electron chi connectivity index (χ3n) is 3.32. The molecule has 0 atom stereocenters. The first-order valence-corrected chi connectivity index (χ1v) is 7.29. The van der Waals surface area contributed by atoms with E-state index in [4.69, 9.17) is 9.47 Å². The highest BCUT2D eigenvalue weighted by Gasteiger charge is 2.13. The fourth-order valence-corrected chi connectivity index (χ4v) is 2.25. The molecule has 20 heavy (non-hydrogen) atoms. The van der Waals surface area contributed by atoms with Gasteiger partial charge in [0.05, 0.1) is 13.2 Å². The molecule has 0 radical (unpaired) electrons. The Kier molecular flexibility index (Phi) is 6.02. The molecule has 0 saturated carbocycles. The molecule has 1 N–H and O–H groups in total. The van der Waals surface area contributed by atoms with Crippen LogP contribution in [0.2, 0.25) is 0 Å². The molecule has 4 heteroatoms. The summed E-state index contributed by atoms with van der Waals surface area (Å²) < 4.78 is 10.9. The summed E-state index contributed by atoms with van der Waals surface area (Å²) >= 11 is 0. The van der Waals surface area contributed by atoms with Gasteiger partial charge < -0.3 is 14.8 Å². The van der Waals surface area contributed by atoms with Crippen LogP contribution in [-0.4, -0.2) is 32.0 Å². The van der Waals surface area contributed by atoms with Crippen LogP contribution in [0.25, 0.3) is 0 Å². The largest absolute Gasteiger partial charge is 0.356 e. The summed E-state index contributed by atoms with van der Waals surface area (Å²) in [5.41, 5.74) is 2.44. The van der Waals surface area contributed by atoms with Crippen molar-refractivity contribution < 1.29 is 14.3 Å². The number of carbonyl (C=O) groups excluding carboxylic acids is 1. The third-order valence-corrected chi connectivity index (χ3v) is 3.32. The lowest BCUT2D eigenvalue weighted by Gasteiger charge is -2.23. The van der Waals surface area contributed by atoms with Gasteiger partial charge in [0.1, 0.15) is 0 Å². The predicted octanol–water partition coefficient (Wildman–Crippen LogP) is 2.20. The zero-order valence-corrected chi connectivity index (χ0v) is 12.1. The molecule has 110 valence electrons. The maximum Gasteiger partial charge on any atom is 0.220 e. The maximum atomic E-state index is 11.8. The van der Waals surface area contributed by atoms with E-state index >= 15 is 0 Å². The van der Waals surface area contributed by atoms with Gasteiger partial charge in [-0.1, -0.05) is 29.8 Å². The van der Waals surface area contributed by atoms with Gasteiger partial charge in [-0.05, 0) is 25.3 Å². The summed E-state index contributed by atoms with van der Waals surface area (Å²) in [4.78, 5) is 11.8. The first-order valence-electron chi connectivity index (χ1n) is 7.29. The molecule has 1 aromatic carbocycles. The molecule has 0 aromatic heterocycles. The second-order valence-electron chi connectivity index (χ2n) is 5.15. The molecule has 1 amide bonds. The number of hydrogen-bond acceptors (Lipinski definition) is 3. The molecule has 0 spiro atoms. The minimum absolute atomic E-state index is 0.0855. The van der Waals surface area contributed by atoms with Gasteiger partial charge >= 0.3 is 0 Å². The van der Waals surface area contributed by atoms with Gasteiger partial charge in [-0.15, -0.1) is 0 Å². The van der Waals surface area contributed by atoms with E-state index in [1.54, 1.807) is 0 Å². The summed E-state index contributed by atoms with van der Waals surface area (Å²) in [6, 6.07) is 8.27. The number of ether oxygens (including phenoxy) is 2. The number of nitrogens with one attached hydrogen (secondary N) is 1. The molecule has 1 aromatic rings. The summed E-state index contributed by atoms with van der Waals surface area (Å²) in [6.07, 6.45) is 2.83. The normalized spacial score (nSPS) is 16.1. The Bertz CT molecular complexity index is 427. The monoisotopic (exact) mass is 277 g/mol. The minimum Gasteiger partial charge on any atom is -0.356 e. The Morgan fingerprint density at radius 3 is 2.90 bits per heavy atom. The average Bonchev–Trinajstić information content (AvgIpc) is 2.46. The topological polar surface area (TPSA) is 47.6 Å². The first-order chi connectivity index (χ1) is 9.74. The second kappa shape index (κ2) is 8.02. The Morgan fingerprint density at radius 1 is 1.35 bits per heavy atom. The fourth-order valence-electron chi connectivity index (χ4n) is 2.25. The lowest BCUT2D eigenvalue weighted by atomic mass is 10.1. The van der Waals surface area contributed by atoms with Gasteiger partial charge in [0, 0.05) is 19.4 Å². The third kappa shape index (κ3) is 5.31. The summed E-state index contributed by atoms with van der Waals surface area (Å²) in [6.45, 7) is 4.18. The minimum atomic E-state index is -0.152. The van der Waals surface area contributed by atoms with Gasteiger partial charge in [0.25, 0.3) is 0 Å². The molecular formula is C16H23NO3. The molecule has 0 unspecified atom stereocenters. The van der Waals surface area contributed by atoms with Crippen LogP contribution in [0.5, 0.6) is 0 Å². The van der Waals surface area contributed by atoms with Crippen LogP contribution >= 0.6 is 0 Å². The van der Waals surface area contributed by atoms with E-state index in [0.29, 0.717) is 13.0 Å². The molecule has 1 heterocycles. The van der Waals surface area contributed by atoms with Crippen molar-refractivity contribution in [1.82, 2.24) is 5.32 Å². The first kappa shape index (κ1) is 15.0. The van der Waals surface area contributed by atoms with Crippen molar-refractivity contribution in [1.29, 1.82) is 0 Å². The number of benzene rings is 1. The molecule has 2 rings (SSSR count). The van der Waals surface area contributed by atoms with Crippen molar-refractivity contribution in [3.63, 3.8) is 0 Å². The molecular weight excluding hydrogens is 254 g/mol. The van der Waals surface area contributed by atoms with Gasteiger partial charge in [-0.2, -0.15) is 0 Å². The lowest BCUT2D eigenvalue weighted by Crippen LogP contribution is -2.31. The lowest BCUT2D eigenvalue weighted by molar-refractivity contribution is -0.180. The number of amides is 1. The van der Waals surface area contributed by atoms with Gasteiger partial charge in [0.2, 0.25) is 5.91 Å². The molecule has 1 saturated heterocycles. The molecule has 1 aliphatic heterocycles. The van der Waals surface area contributed by atoms with Crippen molar-refractivity contribution in [2.45, 2.75) is 38.9 Å². The van der Waals surface area contributed by atoms with Crippen LogP contribution < -0.4 is 5.32 Å². The summed E-state index contributed by atoms with van der Waals surface area (Å²) in [7, 11) is 0. The summed E-state index contributed by atoms with van der Waals surface area (Å²) in [5.74, 6) is 0.0855. The summed E-state index contributed by atoms with van der Waals surface area (Å²) in [5, 5.41) is 2.92. The van der Waals surface area contributed by atoms with Gasteiger partial charge in [-0.3, -0.25) is 4.79 Å². The van der Waals surface area contributed by atoms with Crippen LogP contribution in [0, 0.1) is 6.92 Å². The predicted molar refractivity (Wildman–Crippen MR) is 77.4 cm³/mol. The number of aryl methyl sites for hydroxylation is 2. The highest BCUT2D eigenvalue weighted by atomic mass is 16.7. The molecule has 4 nitrogen and oxygen atoms in total. The second-order valence-corrected chi connectivity index (χ2v) is 5.15. The van der Waals surface area contributed by atoms with Gasteiger partial charge in [-0.25, -0.2) is 0 Å². The SMILES string of the molecule is Cc1cccc(CCC(=O)NCCC2OCCCO2)c1. The van der Waals surface area contributed by atoms with E-state index in [0.717, 1.165) is 32.5 Å². The quantitative estimate of drug-likeness (QED) is 0.867. The molecule has 0 bridgehead atoms. The smallest absolute Gasteiger partial charge is 0.220 e.